The van der Waals surface area contributed by atoms with Gasteiger partial charge in [0.2, 0.25) is 0 Å². The zero-order chi connectivity index (χ0) is 12.8. The number of hydrogen-bond acceptors (Lipinski definition) is 1. The minimum absolute atomic E-state index is 0.319. The van der Waals surface area contributed by atoms with Crippen LogP contribution in [0.2, 0.25) is 0 Å². The molecule has 1 heteroatoms. The van der Waals surface area contributed by atoms with Crippen LogP contribution < -0.4 is 0 Å². The van der Waals surface area contributed by atoms with E-state index in [1.54, 1.807) is 0 Å². The molecule has 0 amide bonds. The Kier molecular flexibility index (Phi) is 11.3. The average molecular weight is 230 g/mol. The van der Waals surface area contributed by atoms with Crippen LogP contribution in [0, 0.1) is 6.92 Å². The average Bonchev–Trinajstić information content (AvgIpc) is 2.43. The molecule has 0 atom stereocenters. The van der Waals surface area contributed by atoms with E-state index in [9.17, 15) is 0 Å². The molecule has 0 aliphatic rings. The summed E-state index contributed by atoms with van der Waals surface area (Å²) < 4.78 is 0. The first-order chi connectivity index (χ1) is 8.31. The molecular weight excluding hydrogens is 208 g/mol. The predicted octanol–water partition coefficient (Wildman–Crippen LogP) is 4.07. The first-order valence-corrected chi connectivity index (χ1v) is 5.93. The SMILES string of the molecule is CCCO.Cc1ccccc1.c1ccccc1. The quantitative estimate of drug-likeness (QED) is 0.783. The van der Waals surface area contributed by atoms with Crippen LogP contribution in [0.3, 0.4) is 0 Å². The lowest BCUT2D eigenvalue weighted by Gasteiger charge is -1.82. The van der Waals surface area contributed by atoms with Gasteiger partial charge >= 0.3 is 0 Å². The van der Waals surface area contributed by atoms with Gasteiger partial charge < -0.3 is 5.11 Å². The molecule has 0 unspecified atom stereocenters. The van der Waals surface area contributed by atoms with Gasteiger partial charge in [-0.15, -0.1) is 0 Å². The fourth-order valence-corrected chi connectivity index (χ4v) is 0.919. The second-order valence-corrected chi connectivity index (χ2v) is 3.53. The topological polar surface area (TPSA) is 20.2 Å². The van der Waals surface area contributed by atoms with Gasteiger partial charge in [0.15, 0.2) is 0 Å². The van der Waals surface area contributed by atoms with Crippen LogP contribution in [0.1, 0.15) is 18.9 Å². The first-order valence-electron chi connectivity index (χ1n) is 5.93. The Balaban J connectivity index is 0.000000236. The van der Waals surface area contributed by atoms with Crippen LogP contribution in [0.25, 0.3) is 0 Å². The van der Waals surface area contributed by atoms with Crippen molar-refractivity contribution < 1.29 is 5.11 Å². The Morgan fingerprint density at radius 1 is 0.765 bits per heavy atom. The Morgan fingerprint density at radius 3 is 1.24 bits per heavy atom. The van der Waals surface area contributed by atoms with Crippen LogP contribution in [0.4, 0.5) is 0 Å². The lowest BCUT2D eigenvalue weighted by Crippen LogP contribution is -1.69. The molecule has 0 fully saturated rings. The van der Waals surface area contributed by atoms with Crippen molar-refractivity contribution in [3.05, 3.63) is 72.3 Å². The standard InChI is InChI=1S/C7H8.C6H6.C3H8O/c1-7-5-3-2-4-6-7;1-2-4-6-5-3-1;1-2-3-4/h2-6H,1H3;1-6H;4H,2-3H2,1H3. The van der Waals surface area contributed by atoms with Crippen molar-refractivity contribution in [2.24, 2.45) is 0 Å². The van der Waals surface area contributed by atoms with Gasteiger partial charge in [0.1, 0.15) is 0 Å². The van der Waals surface area contributed by atoms with Gasteiger partial charge in [-0.25, -0.2) is 0 Å². The molecule has 2 aromatic carbocycles. The molecule has 0 heterocycles. The number of aliphatic hydroxyl groups is 1. The molecule has 0 aromatic heterocycles. The minimum atomic E-state index is 0.319. The van der Waals surface area contributed by atoms with E-state index in [1.807, 2.05) is 61.5 Å². The number of aliphatic hydroxyl groups excluding tert-OH is 1. The molecule has 17 heavy (non-hydrogen) atoms. The van der Waals surface area contributed by atoms with E-state index in [4.69, 9.17) is 5.11 Å². The molecule has 2 aromatic rings. The molecule has 0 saturated heterocycles. The molecule has 0 spiro atoms. The van der Waals surface area contributed by atoms with Gasteiger partial charge in [0, 0.05) is 6.61 Å². The van der Waals surface area contributed by atoms with Crippen LogP contribution in [0.5, 0.6) is 0 Å². The maximum atomic E-state index is 7.88. The van der Waals surface area contributed by atoms with E-state index >= 15 is 0 Å². The fourth-order valence-electron chi connectivity index (χ4n) is 0.919. The highest BCUT2D eigenvalue weighted by molar-refractivity contribution is 5.11. The molecule has 92 valence electrons. The lowest BCUT2D eigenvalue weighted by atomic mass is 10.2. The molecule has 1 N–H and O–H groups in total. The van der Waals surface area contributed by atoms with Crippen molar-refractivity contribution in [2.75, 3.05) is 6.61 Å². The molecule has 0 radical (unpaired) electrons. The van der Waals surface area contributed by atoms with Gasteiger partial charge in [-0.2, -0.15) is 0 Å². The third-order valence-corrected chi connectivity index (χ3v) is 1.83. The van der Waals surface area contributed by atoms with Crippen LogP contribution >= 0.6 is 0 Å². The van der Waals surface area contributed by atoms with E-state index in [2.05, 4.69) is 19.1 Å². The highest BCUT2D eigenvalue weighted by Gasteiger charge is 1.72. The largest absolute Gasteiger partial charge is 0.396 e. The van der Waals surface area contributed by atoms with Crippen LogP contribution in [-0.2, 0) is 0 Å². The Hall–Kier alpha value is -1.60. The molecule has 1 nitrogen and oxygen atoms in total. The number of rotatable bonds is 1. The third-order valence-electron chi connectivity index (χ3n) is 1.83. The maximum Gasteiger partial charge on any atom is 0.0428 e. The summed E-state index contributed by atoms with van der Waals surface area (Å²) in [7, 11) is 0. The van der Waals surface area contributed by atoms with Crippen molar-refractivity contribution in [1.29, 1.82) is 0 Å². The summed E-state index contributed by atoms with van der Waals surface area (Å²) in [5.41, 5.74) is 1.32. The van der Waals surface area contributed by atoms with Crippen LogP contribution in [0.15, 0.2) is 66.7 Å². The fraction of sp³-hybridized carbons (Fsp3) is 0.250. The van der Waals surface area contributed by atoms with Crippen LogP contribution in [-0.4, -0.2) is 11.7 Å². The summed E-state index contributed by atoms with van der Waals surface area (Å²) in [6.45, 7) is 4.33. The smallest absolute Gasteiger partial charge is 0.0428 e. The molecule has 0 aliphatic carbocycles. The number of benzene rings is 2. The van der Waals surface area contributed by atoms with E-state index in [-0.39, 0.29) is 0 Å². The Morgan fingerprint density at radius 2 is 1.06 bits per heavy atom. The summed E-state index contributed by atoms with van der Waals surface area (Å²) in [5.74, 6) is 0. The van der Waals surface area contributed by atoms with Crippen molar-refractivity contribution >= 4 is 0 Å². The molecule has 0 aliphatic heterocycles. The third kappa shape index (κ3) is 12.3. The van der Waals surface area contributed by atoms with Crippen molar-refractivity contribution in [1.82, 2.24) is 0 Å². The Labute approximate surface area is 105 Å². The zero-order valence-electron chi connectivity index (χ0n) is 10.7. The summed E-state index contributed by atoms with van der Waals surface area (Å²) >= 11 is 0. The van der Waals surface area contributed by atoms with Crippen molar-refractivity contribution in [3.63, 3.8) is 0 Å². The summed E-state index contributed by atoms with van der Waals surface area (Å²) in [6, 6.07) is 22.3. The van der Waals surface area contributed by atoms with Gasteiger partial charge in [0.05, 0.1) is 0 Å². The molecule has 2 rings (SSSR count). The van der Waals surface area contributed by atoms with Crippen molar-refractivity contribution in [2.45, 2.75) is 20.3 Å². The summed E-state index contributed by atoms with van der Waals surface area (Å²) in [5, 5.41) is 7.88. The second kappa shape index (κ2) is 12.5. The maximum absolute atomic E-state index is 7.88. The van der Waals surface area contributed by atoms with Gasteiger partial charge in [0.25, 0.3) is 0 Å². The number of hydrogen-bond donors (Lipinski definition) is 1. The summed E-state index contributed by atoms with van der Waals surface area (Å²) in [4.78, 5) is 0. The molecule has 0 bridgehead atoms. The monoisotopic (exact) mass is 230 g/mol. The normalized spacial score (nSPS) is 8.18. The van der Waals surface area contributed by atoms with E-state index < -0.39 is 0 Å². The van der Waals surface area contributed by atoms with Gasteiger partial charge in [-0.05, 0) is 13.3 Å². The Bertz CT molecular complexity index is 300. The van der Waals surface area contributed by atoms with Gasteiger partial charge in [-0.1, -0.05) is 79.2 Å². The van der Waals surface area contributed by atoms with E-state index in [1.165, 1.54) is 5.56 Å². The minimum Gasteiger partial charge on any atom is -0.396 e. The van der Waals surface area contributed by atoms with E-state index in [0.717, 1.165) is 6.42 Å². The van der Waals surface area contributed by atoms with E-state index in [0.29, 0.717) is 6.61 Å². The second-order valence-electron chi connectivity index (χ2n) is 3.53. The lowest BCUT2D eigenvalue weighted by molar-refractivity contribution is 0.295. The first kappa shape index (κ1) is 15.4. The number of aryl methyl sites for hydroxylation is 1. The predicted molar refractivity (Wildman–Crippen MR) is 75.0 cm³/mol. The highest BCUT2D eigenvalue weighted by Crippen LogP contribution is 1.92. The molecular formula is C16H22O. The molecule has 0 saturated carbocycles. The van der Waals surface area contributed by atoms with Gasteiger partial charge in [-0.3, -0.25) is 0 Å². The summed E-state index contributed by atoms with van der Waals surface area (Å²) in [6.07, 6.45) is 0.875. The highest BCUT2D eigenvalue weighted by atomic mass is 16.2. The van der Waals surface area contributed by atoms with Crippen molar-refractivity contribution in [3.8, 4) is 0 Å². The zero-order valence-corrected chi connectivity index (χ0v) is 10.7.